The quantitative estimate of drug-likeness (QED) is 0.404. The van der Waals surface area contributed by atoms with Gasteiger partial charge in [-0.25, -0.2) is 0 Å². The number of amidine groups is 1. The molecule has 0 aromatic heterocycles. The molecule has 0 saturated heterocycles. The molecule has 0 amide bonds. The van der Waals surface area contributed by atoms with Crippen LogP contribution in [-0.4, -0.2) is 23.2 Å². The van der Waals surface area contributed by atoms with E-state index in [-0.39, 0.29) is 0 Å². The van der Waals surface area contributed by atoms with Crippen LogP contribution >= 0.6 is 0 Å². The fourth-order valence-electron chi connectivity index (χ4n) is 3.72. The van der Waals surface area contributed by atoms with Crippen LogP contribution < -0.4 is 5.43 Å². The van der Waals surface area contributed by atoms with E-state index in [0.717, 1.165) is 56.5 Å². The molecule has 1 aliphatic heterocycles. The summed E-state index contributed by atoms with van der Waals surface area (Å²) in [5.74, 6) is 1.07. The number of hydrogen-bond acceptors (Lipinski definition) is 4. The van der Waals surface area contributed by atoms with Gasteiger partial charge in [0.1, 0.15) is 5.84 Å². The molecule has 1 aliphatic rings. The fourth-order valence-corrected chi connectivity index (χ4v) is 3.72. The summed E-state index contributed by atoms with van der Waals surface area (Å²) >= 11 is 0. The highest BCUT2D eigenvalue weighted by atomic mass is 16.3. The Kier molecular flexibility index (Phi) is 17.5. The number of hydrogen-bond donors (Lipinski definition) is 2. The zero-order valence-electron chi connectivity index (χ0n) is 21.6. The summed E-state index contributed by atoms with van der Waals surface area (Å²) in [6.45, 7) is 17.6. The highest BCUT2D eigenvalue weighted by Gasteiger charge is 2.26. The first-order valence-electron chi connectivity index (χ1n) is 12.6. The van der Waals surface area contributed by atoms with Crippen LogP contribution in [0.15, 0.2) is 47.5 Å². The van der Waals surface area contributed by atoms with Gasteiger partial charge in [-0.3, -0.25) is 10.4 Å². The van der Waals surface area contributed by atoms with E-state index in [2.05, 4.69) is 87.6 Å². The van der Waals surface area contributed by atoms with Crippen LogP contribution in [0, 0.1) is 6.92 Å². The van der Waals surface area contributed by atoms with Gasteiger partial charge < -0.3 is 5.11 Å². The van der Waals surface area contributed by atoms with Gasteiger partial charge in [-0.2, -0.15) is 5.10 Å². The number of hydrazone groups is 1. The maximum Gasteiger partial charge on any atom is 0.117 e. The molecule has 182 valence electrons. The zero-order chi connectivity index (χ0) is 24.2. The summed E-state index contributed by atoms with van der Waals surface area (Å²) in [5.41, 5.74) is 6.00. The molecule has 0 bridgehead atoms. The van der Waals surface area contributed by atoms with Crippen LogP contribution in [0.1, 0.15) is 109 Å². The van der Waals surface area contributed by atoms with E-state index >= 15 is 0 Å². The smallest absolute Gasteiger partial charge is 0.117 e. The Morgan fingerprint density at radius 1 is 0.938 bits per heavy atom. The van der Waals surface area contributed by atoms with E-state index < -0.39 is 5.60 Å². The lowest BCUT2D eigenvalue weighted by molar-refractivity contribution is 0.0170. The van der Waals surface area contributed by atoms with Crippen molar-refractivity contribution >= 4 is 11.5 Å². The topological polar surface area (TPSA) is 57.0 Å². The predicted octanol–water partition coefficient (Wildman–Crippen LogP) is 7.70. The van der Waals surface area contributed by atoms with Crippen molar-refractivity contribution in [3.05, 3.63) is 48.6 Å². The van der Waals surface area contributed by atoms with Crippen molar-refractivity contribution in [1.82, 2.24) is 5.43 Å². The van der Waals surface area contributed by atoms with Crippen LogP contribution in [-0.2, 0) is 5.60 Å². The zero-order valence-corrected chi connectivity index (χ0v) is 21.6. The second-order valence-electron chi connectivity index (χ2n) is 8.60. The van der Waals surface area contributed by atoms with Gasteiger partial charge in [0, 0.05) is 18.7 Å². The van der Waals surface area contributed by atoms with Crippen molar-refractivity contribution in [1.29, 1.82) is 0 Å². The summed E-state index contributed by atoms with van der Waals surface area (Å²) < 4.78 is 0. The minimum atomic E-state index is -0.614. The average molecular weight is 444 g/mol. The van der Waals surface area contributed by atoms with E-state index in [1.54, 1.807) is 0 Å². The Balaban J connectivity index is 0.000000557. The number of benzene rings is 1. The van der Waals surface area contributed by atoms with Gasteiger partial charge in [-0.1, -0.05) is 76.3 Å². The standard InChI is InChI=1S/C14H22O.C12H23N3.C2H4/c1-4-10-14(15,11-5-2)13-8-6-12(3)7-9-13;1-3-4-9-12-13-10-7-5-6-8-11(2)14-15-12;1-2/h6-9,15H,4-5,10-11H2,1-3H3;3-10H2,1-2H3,(H,13,15);1-2H2/b;14-11+;. The van der Waals surface area contributed by atoms with E-state index in [1.807, 2.05) is 0 Å². The molecule has 0 spiro atoms. The third-order valence-electron chi connectivity index (χ3n) is 5.56. The molecule has 32 heavy (non-hydrogen) atoms. The Morgan fingerprint density at radius 2 is 1.56 bits per heavy atom. The molecule has 0 radical (unpaired) electrons. The van der Waals surface area contributed by atoms with Crippen molar-refractivity contribution in [2.75, 3.05) is 6.54 Å². The minimum Gasteiger partial charge on any atom is -0.385 e. The lowest BCUT2D eigenvalue weighted by Gasteiger charge is -2.28. The van der Waals surface area contributed by atoms with Crippen molar-refractivity contribution < 1.29 is 5.11 Å². The number of aliphatic imine (C=N–C) groups is 1. The maximum absolute atomic E-state index is 10.6. The molecule has 1 aromatic rings. The van der Waals surface area contributed by atoms with Crippen molar-refractivity contribution in [3.8, 4) is 0 Å². The maximum atomic E-state index is 10.6. The number of nitrogens with zero attached hydrogens (tertiary/aromatic N) is 2. The van der Waals surface area contributed by atoms with Crippen LogP contribution in [0.5, 0.6) is 0 Å². The van der Waals surface area contributed by atoms with Gasteiger partial charge in [0.05, 0.1) is 5.60 Å². The number of aryl methyl sites for hydroxylation is 1. The number of aliphatic hydroxyl groups is 1. The molecular formula is C28H49N3O. The van der Waals surface area contributed by atoms with Gasteiger partial charge in [0.25, 0.3) is 0 Å². The summed E-state index contributed by atoms with van der Waals surface area (Å²) in [4.78, 5) is 4.56. The SMILES string of the molecule is C=C.CCCC(O)(CCC)c1ccc(C)cc1.CCCCC1=NCCCCC/C(C)=N/N1. The monoisotopic (exact) mass is 443 g/mol. The minimum absolute atomic E-state index is 0.614. The van der Waals surface area contributed by atoms with Crippen LogP contribution in [0.25, 0.3) is 0 Å². The normalized spacial score (nSPS) is 16.1. The second-order valence-corrected chi connectivity index (χ2v) is 8.60. The largest absolute Gasteiger partial charge is 0.385 e. The van der Waals surface area contributed by atoms with E-state index in [0.29, 0.717) is 0 Å². The number of nitrogens with one attached hydrogen (secondary N) is 1. The molecule has 4 nitrogen and oxygen atoms in total. The molecule has 2 rings (SSSR count). The third kappa shape index (κ3) is 12.8. The third-order valence-corrected chi connectivity index (χ3v) is 5.56. The molecule has 2 N–H and O–H groups in total. The first-order valence-corrected chi connectivity index (χ1v) is 12.6. The summed E-state index contributed by atoms with van der Waals surface area (Å²) in [7, 11) is 0. The molecule has 1 heterocycles. The molecule has 1 aromatic carbocycles. The predicted molar refractivity (Wildman–Crippen MR) is 143 cm³/mol. The average Bonchev–Trinajstić information content (AvgIpc) is 2.80. The van der Waals surface area contributed by atoms with Gasteiger partial charge >= 0.3 is 0 Å². The van der Waals surface area contributed by atoms with Crippen LogP contribution in [0.4, 0.5) is 0 Å². The Morgan fingerprint density at radius 3 is 2.12 bits per heavy atom. The Bertz CT molecular complexity index is 643. The van der Waals surface area contributed by atoms with Crippen LogP contribution in [0.3, 0.4) is 0 Å². The summed E-state index contributed by atoms with van der Waals surface area (Å²) in [6.07, 6.45) is 12.0. The van der Waals surface area contributed by atoms with Gasteiger partial charge in [-0.15, -0.1) is 13.2 Å². The van der Waals surface area contributed by atoms with Crippen molar-refractivity contribution in [3.63, 3.8) is 0 Å². The van der Waals surface area contributed by atoms with Gasteiger partial charge in [0.15, 0.2) is 0 Å². The second kappa shape index (κ2) is 18.6. The molecule has 0 fully saturated rings. The van der Waals surface area contributed by atoms with Crippen LogP contribution in [0.2, 0.25) is 0 Å². The lowest BCUT2D eigenvalue weighted by atomic mass is 9.85. The molecule has 0 unspecified atom stereocenters. The lowest BCUT2D eigenvalue weighted by Crippen LogP contribution is -2.25. The van der Waals surface area contributed by atoms with Gasteiger partial charge in [0.2, 0.25) is 0 Å². The molecule has 0 saturated carbocycles. The number of rotatable bonds is 8. The summed E-state index contributed by atoms with van der Waals surface area (Å²) in [5, 5.41) is 14.9. The van der Waals surface area contributed by atoms with Crippen molar-refractivity contribution in [2.45, 2.75) is 111 Å². The molecule has 4 heteroatoms. The molecular weight excluding hydrogens is 394 g/mol. The number of unbranched alkanes of at least 4 members (excludes halogenated alkanes) is 1. The van der Waals surface area contributed by atoms with E-state index in [1.165, 1.54) is 43.4 Å². The first kappa shape index (κ1) is 30.1. The van der Waals surface area contributed by atoms with Crippen molar-refractivity contribution in [2.24, 2.45) is 10.1 Å². The first-order chi connectivity index (χ1) is 15.4. The highest BCUT2D eigenvalue weighted by molar-refractivity contribution is 5.86. The molecule has 0 atom stereocenters. The summed E-state index contributed by atoms with van der Waals surface area (Å²) in [6, 6.07) is 8.26. The molecule has 0 aliphatic carbocycles. The fraction of sp³-hybridized carbons (Fsp3) is 0.643. The van der Waals surface area contributed by atoms with Gasteiger partial charge in [-0.05, 0) is 57.9 Å². The Hall–Kier alpha value is -1.94. The highest BCUT2D eigenvalue weighted by Crippen LogP contribution is 2.31. The van der Waals surface area contributed by atoms with E-state index in [9.17, 15) is 5.11 Å². The Labute approximate surface area is 198 Å². The van der Waals surface area contributed by atoms with E-state index in [4.69, 9.17) is 0 Å².